The van der Waals surface area contributed by atoms with E-state index in [0.29, 0.717) is 18.8 Å². The van der Waals surface area contributed by atoms with Crippen molar-refractivity contribution in [2.24, 2.45) is 0 Å². The molecule has 2 heterocycles. The standard InChI is InChI=1S/C18H22F3N5O/c1-17(2,3)26-11-12(23-24-26)10-25-9-8-22-16(27)15(25)13-6-4-5-7-14(13)18(19,20)21/h4-7,11,15H,8-10H2,1-3H3,(H,22,27). The minimum Gasteiger partial charge on any atom is -0.353 e. The molecule has 0 saturated carbocycles. The molecule has 1 atom stereocenters. The van der Waals surface area contributed by atoms with Crippen LogP contribution in [-0.2, 0) is 23.1 Å². The van der Waals surface area contributed by atoms with Crippen LogP contribution in [0.2, 0.25) is 0 Å². The second kappa shape index (κ2) is 6.95. The van der Waals surface area contributed by atoms with E-state index in [1.165, 1.54) is 18.2 Å². The lowest BCUT2D eigenvalue weighted by atomic mass is 9.96. The van der Waals surface area contributed by atoms with Gasteiger partial charge in [-0.15, -0.1) is 5.10 Å². The van der Waals surface area contributed by atoms with Gasteiger partial charge in [-0.3, -0.25) is 9.69 Å². The monoisotopic (exact) mass is 381 g/mol. The Labute approximate surface area is 155 Å². The lowest BCUT2D eigenvalue weighted by molar-refractivity contribution is -0.140. The van der Waals surface area contributed by atoms with E-state index in [-0.39, 0.29) is 17.6 Å². The molecule has 1 aromatic heterocycles. The molecule has 1 aliphatic heterocycles. The van der Waals surface area contributed by atoms with Crippen molar-refractivity contribution in [2.45, 2.75) is 45.1 Å². The van der Waals surface area contributed by atoms with Gasteiger partial charge in [0.15, 0.2) is 0 Å². The number of aromatic nitrogens is 3. The van der Waals surface area contributed by atoms with Crippen molar-refractivity contribution >= 4 is 5.91 Å². The number of rotatable bonds is 3. The van der Waals surface area contributed by atoms with Gasteiger partial charge in [0.2, 0.25) is 5.91 Å². The summed E-state index contributed by atoms with van der Waals surface area (Å²) in [5.74, 6) is -0.443. The van der Waals surface area contributed by atoms with Gasteiger partial charge >= 0.3 is 6.18 Å². The molecule has 1 N–H and O–H groups in total. The van der Waals surface area contributed by atoms with Crippen LogP contribution in [0.1, 0.15) is 43.6 Å². The zero-order valence-electron chi connectivity index (χ0n) is 15.4. The molecule has 2 aromatic rings. The molecule has 0 bridgehead atoms. The van der Waals surface area contributed by atoms with Gasteiger partial charge in [0, 0.05) is 19.6 Å². The number of nitrogens with one attached hydrogen (secondary N) is 1. The van der Waals surface area contributed by atoms with E-state index in [4.69, 9.17) is 0 Å². The highest BCUT2D eigenvalue weighted by atomic mass is 19.4. The highest BCUT2D eigenvalue weighted by Crippen LogP contribution is 2.37. The van der Waals surface area contributed by atoms with Crippen LogP contribution in [0, 0.1) is 0 Å². The molecule has 1 unspecified atom stereocenters. The molecule has 1 amide bonds. The molecular weight excluding hydrogens is 359 g/mol. The predicted molar refractivity (Wildman–Crippen MR) is 92.6 cm³/mol. The second-order valence-corrected chi connectivity index (χ2v) is 7.57. The van der Waals surface area contributed by atoms with Crippen LogP contribution in [0.15, 0.2) is 30.5 Å². The maximum absolute atomic E-state index is 13.4. The fourth-order valence-electron chi connectivity index (χ4n) is 3.12. The first-order valence-electron chi connectivity index (χ1n) is 8.67. The minimum atomic E-state index is -4.53. The Morgan fingerprint density at radius 2 is 1.93 bits per heavy atom. The van der Waals surface area contributed by atoms with Gasteiger partial charge in [-0.05, 0) is 32.4 Å². The molecule has 0 radical (unpaired) electrons. The predicted octanol–water partition coefficient (Wildman–Crippen LogP) is 2.73. The maximum atomic E-state index is 13.4. The van der Waals surface area contributed by atoms with Crippen LogP contribution in [0.5, 0.6) is 0 Å². The van der Waals surface area contributed by atoms with E-state index in [1.54, 1.807) is 15.8 Å². The first kappa shape index (κ1) is 19.3. The van der Waals surface area contributed by atoms with Crippen molar-refractivity contribution in [3.63, 3.8) is 0 Å². The smallest absolute Gasteiger partial charge is 0.353 e. The van der Waals surface area contributed by atoms with Crippen molar-refractivity contribution < 1.29 is 18.0 Å². The van der Waals surface area contributed by atoms with Gasteiger partial charge in [-0.1, -0.05) is 23.4 Å². The highest BCUT2D eigenvalue weighted by Gasteiger charge is 2.40. The van der Waals surface area contributed by atoms with Crippen molar-refractivity contribution in [3.8, 4) is 0 Å². The van der Waals surface area contributed by atoms with Gasteiger partial charge in [-0.25, -0.2) is 4.68 Å². The molecule has 1 fully saturated rings. The first-order valence-corrected chi connectivity index (χ1v) is 8.67. The first-order chi connectivity index (χ1) is 12.6. The Hall–Kier alpha value is -2.42. The Morgan fingerprint density at radius 1 is 1.22 bits per heavy atom. The summed E-state index contributed by atoms with van der Waals surface area (Å²) >= 11 is 0. The molecule has 9 heteroatoms. The summed E-state index contributed by atoms with van der Waals surface area (Å²) in [6.45, 7) is 6.95. The van der Waals surface area contributed by atoms with Crippen molar-refractivity contribution in [2.75, 3.05) is 13.1 Å². The summed E-state index contributed by atoms with van der Waals surface area (Å²) in [7, 11) is 0. The van der Waals surface area contributed by atoms with E-state index in [1.807, 2.05) is 20.8 Å². The normalized spacial score (nSPS) is 19.2. The molecule has 3 rings (SSSR count). The maximum Gasteiger partial charge on any atom is 0.416 e. The van der Waals surface area contributed by atoms with Crippen LogP contribution in [0.25, 0.3) is 0 Å². The quantitative estimate of drug-likeness (QED) is 0.888. The fraction of sp³-hybridized carbons (Fsp3) is 0.500. The average Bonchev–Trinajstić information content (AvgIpc) is 3.03. The summed E-state index contributed by atoms with van der Waals surface area (Å²) in [4.78, 5) is 14.2. The Balaban J connectivity index is 1.93. The highest BCUT2D eigenvalue weighted by molar-refractivity contribution is 5.84. The molecule has 6 nitrogen and oxygen atoms in total. The number of benzene rings is 1. The molecular formula is C18H22F3N5O. The molecule has 1 aliphatic rings. The lowest BCUT2D eigenvalue weighted by Gasteiger charge is -2.35. The zero-order valence-corrected chi connectivity index (χ0v) is 15.4. The van der Waals surface area contributed by atoms with Gasteiger partial charge in [0.05, 0.1) is 23.0 Å². The van der Waals surface area contributed by atoms with Gasteiger partial charge in [0.25, 0.3) is 0 Å². The third-order valence-electron chi connectivity index (χ3n) is 4.47. The SMILES string of the molecule is CC(C)(C)n1cc(CN2CCNC(=O)C2c2ccccc2C(F)(F)F)nn1. The van der Waals surface area contributed by atoms with Crippen LogP contribution in [-0.4, -0.2) is 38.9 Å². The summed E-state index contributed by atoms with van der Waals surface area (Å²) in [5.41, 5.74) is -0.498. The van der Waals surface area contributed by atoms with Crippen molar-refractivity contribution in [1.29, 1.82) is 0 Å². The number of nitrogens with zero attached hydrogens (tertiary/aromatic N) is 4. The zero-order chi connectivity index (χ0) is 19.8. The van der Waals surface area contributed by atoms with Crippen LogP contribution in [0.4, 0.5) is 13.2 Å². The lowest BCUT2D eigenvalue weighted by Crippen LogP contribution is -2.50. The van der Waals surface area contributed by atoms with Crippen LogP contribution >= 0.6 is 0 Å². The second-order valence-electron chi connectivity index (χ2n) is 7.57. The number of halogens is 3. The van der Waals surface area contributed by atoms with E-state index in [2.05, 4.69) is 15.6 Å². The van der Waals surface area contributed by atoms with Crippen molar-refractivity contribution in [3.05, 3.63) is 47.3 Å². The third kappa shape index (κ3) is 4.13. The Kier molecular flexibility index (Phi) is 4.98. The number of hydrogen-bond acceptors (Lipinski definition) is 4. The van der Waals surface area contributed by atoms with Gasteiger partial charge < -0.3 is 5.32 Å². The van der Waals surface area contributed by atoms with Gasteiger partial charge in [0.1, 0.15) is 6.04 Å². The van der Waals surface area contributed by atoms with E-state index < -0.39 is 23.7 Å². The number of amides is 1. The third-order valence-corrected chi connectivity index (χ3v) is 4.47. The van der Waals surface area contributed by atoms with E-state index >= 15 is 0 Å². The van der Waals surface area contributed by atoms with Crippen molar-refractivity contribution in [1.82, 2.24) is 25.2 Å². The van der Waals surface area contributed by atoms with Gasteiger partial charge in [-0.2, -0.15) is 13.2 Å². The number of piperazine rings is 1. The summed E-state index contributed by atoms with van der Waals surface area (Å²) in [5, 5.41) is 10.9. The largest absolute Gasteiger partial charge is 0.416 e. The summed E-state index contributed by atoms with van der Waals surface area (Å²) < 4.78 is 42.0. The molecule has 146 valence electrons. The Morgan fingerprint density at radius 3 is 2.56 bits per heavy atom. The number of carbonyl (C=O) groups excluding carboxylic acids is 1. The molecule has 0 aliphatic carbocycles. The molecule has 1 aromatic carbocycles. The Bertz CT molecular complexity index is 825. The number of carbonyl (C=O) groups is 1. The topological polar surface area (TPSA) is 63.0 Å². The van der Waals surface area contributed by atoms with E-state index in [0.717, 1.165) is 6.07 Å². The summed E-state index contributed by atoms with van der Waals surface area (Å²) in [6.07, 6.45) is -2.77. The fourth-order valence-corrected chi connectivity index (χ4v) is 3.12. The minimum absolute atomic E-state index is 0.0505. The van der Waals surface area contributed by atoms with Crippen LogP contribution < -0.4 is 5.32 Å². The molecule has 27 heavy (non-hydrogen) atoms. The number of hydrogen-bond donors (Lipinski definition) is 1. The average molecular weight is 381 g/mol. The molecule has 0 spiro atoms. The molecule has 1 saturated heterocycles. The van der Waals surface area contributed by atoms with Crippen LogP contribution in [0.3, 0.4) is 0 Å². The number of alkyl halides is 3. The summed E-state index contributed by atoms with van der Waals surface area (Å²) in [6, 6.07) is 4.17. The van der Waals surface area contributed by atoms with E-state index in [9.17, 15) is 18.0 Å².